The fourth-order valence-electron chi connectivity index (χ4n) is 3.61. The summed E-state index contributed by atoms with van der Waals surface area (Å²) in [6.07, 6.45) is 13.5. The summed E-state index contributed by atoms with van der Waals surface area (Å²) in [7, 11) is 0. The van der Waals surface area contributed by atoms with Crippen molar-refractivity contribution in [1.29, 1.82) is 0 Å². The maximum Gasteiger partial charge on any atom is 0.133 e. The molecule has 0 spiro atoms. The maximum atomic E-state index is 11.7. The number of nitrogens with zero attached hydrogens (tertiary/aromatic N) is 2. The fraction of sp³-hybridized carbons (Fsp3) is 0.750. The van der Waals surface area contributed by atoms with Gasteiger partial charge in [0.1, 0.15) is 5.78 Å². The van der Waals surface area contributed by atoms with Crippen molar-refractivity contribution in [2.75, 3.05) is 0 Å². The number of hydrogen-bond donors (Lipinski definition) is 0. The smallest absolute Gasteiger partial charge is 0.133 e. The third kappa shape index (κ3) is 3.26. The van der Waals surface area contributed by atoms with Gasteiger partial charge >= 0.3 is 0 Å². The van der Waals surface area contributed by atoms with E-state index >= 15 is 0 Å². The van der Waals surface area contributed by atoms with Gasteiger partial charge in [-0.2, -0.15) is 5.10 Å². The summed E-state index contributed by atoms with van der Waals surface area (Å²) in [4.78, 5) is 11.7. The highest BCUT2D eigenvalue weighted by atomic mass is 16.1. The lowest BCUT2D eigenvalue weighted by Gasteiger charge is -2.12. The molecule has 0 radical (unpaired) electrons. The van der Waals surface area contributed by atoms with Crippen molar-refractivity contribution < 1.29 is 4.79 Å². The monoisotopic (exact) mass is 260 g/mol. The molecule has 0 N–H and O–H groups in total. The summed E-state index contributed by atoms with van der Waals surface area (Å²) >= 11 is 0. The van der Waals surface area contributed by atoms with Crippen LogP contribution in [0.25, 0.3) is 0 Å². The van der Waals surface area contributed by atoms with Gasteiger partial charge in [-0.25, -0.2) is 0 Å². The highest BCUT2D eigenvalue weighted by Crippen LogP contribution is 2.29. The van der Waals surface area contributed by atoms with Crippen molar-refractivity contribution >= 4 is 5.78 Å². The molecule has 2 fully saturated rings. The van der Waals surface area contributed by atoms with Crippen LogP contribution in [0.4, 0.5) is 0 Å². The minimum atomic E-state index is 0.456. The van der Waals surface area contributed by atoms with Gasteiger partial charge in [-0.3, -0.25) is 9.48 Å². The molecule has 1 aromatic heterocycles. The van der Waals surface area contributed by atoms with Crippen molar-refractivity contribution in [3.63, 3.8) is 0 Å². The van der Waals surface area contributed by atoms with Crippen LogP contribution in [0.3, 0.4) is 0 Å². The number of rotatable bonds is 3. The van der Waals surface area contributed by atoms with E-state index in [4.69, 9.17) is 5.10 Å². The van der Waals surface area contributed by atoms with Crippen molar-refractivity contribution in [2.45, 2.75) is 70.3 Å². The Morgan fingerprint density at radius 2 is 1.95 bits per heavy atom. The van der Waals surface area contributed by atoms with E-state index in [9.17, 15) is 4.79 Å². The predicted molar refractivity (Wildman–Crippen MR) is 75.0 cm³/mol. The lowest BCUT2D eigenvalue weighted by Crippen LogP contribution is -2.10. The Hall–Kier alpha value is -1.12. The van der Waals surface area contributed by atoms with Crippen molar-refractivity contribution in [2.24, 2.45) is 5.92 Å². The average molecular weight is 260 g/mol. The van der Waals surface area contributed by atoms with Crippen LogP contribution in [0.1, 0.15) is 69.5 Å². The van der Waals surface area contributed by atoms with Crippen molar-refractivity contribution in [1.82, 2.24) is 9.78 Å². The van der Waals surface area contributed by atoms with Crippen LogP contribution in [0.5, 0.6) is 0 Å². The van der Waals surface area contributed by atoms with Crippen LogP contribution >= 0.6 is 0 Å². The second-order valence-electron chi connectivity index (χ2n) is 6.28. The Bertz CT molecular complexity index is 432. The van der Waals surface area contributed by atoms with Crippen LogP contribution in [-0.2, 0) is 11.2 Å². The van der Waals surface area contributed by atoms with E-state index < -0.39 is 0 Å². The SMILES string of the molecule is O=C1CCCCC(Cc2ccn(C3CCCC3)n2)C1. The topological polar surface area (TPSA) is 34.9 Å². The molecule has 1 unspecified atom stereocenters. The van der Waals surface area contributed by atoms with E-state index in [-0.39, 0.29) is 0 Å². The number of hydrogen-bond acceptors (Lipinski definition) is 2. The highest BCUT2D eigenvalue weighted by Gasteiger charge is 2.21. The molecule has 2 saturated carbocycles. The van der Waals surface area contributed by atoms with Gasteiger partial charge in [0.25, 0.3) is 0 Å². The third-order valence-corrected chi connectivity index (χ3v) is 4.69. The molecule has 1 aromatic rings. The van der Waals surface area contributed by atoms with Gasteiger partial charge in [-0.05, 0) is 44.1 Å². The number of ketones is 1. The molecule has 3 heteroatoms. The number of carbonyl (C=O) groups is 1. The molecular weight excluding hydrogens is 236 g/mol. The van der Waals surface area contributed by atoms with Gasteiger partial charge in [0, 0.05) is 19.0 Å². The number of aromatic nitrogens is 2. The normalized spacial score (nSPS) is 25.7. The predicted octanol–water partition coefficient (Wildman–Crippen LogP) is 3.69. The zero-order valence-electron chi connectivity index (χ0n) is 11.7. The first-order chi connectivity index (χ1) is 9.31. The molecule has 0 saturated heterocycles. The first kappa shape index (κ1) is 12.9. The van der Waals surface area contributed by atoms with Gasteiger partial charge in [-0.1, -0.05) is 19.3 Å². The van der Waals surface area contributed by atoms with Crippen molar-refractivity contribution in [3.8, 4) is 0 Å². The zero-order valence-corrected chi connectivity index (χ0v) is 11.7. The molecule has 3 nitrogen and oxygen atoms in total. The first-order valence-electron chi connectivity index (χ1n) is 7.87. The minimum Gasteiger partial charge on any atom is -0.300 e. The summed E-state index contributed by atoms with van der Waals surface area (Å²) in [6, 6.07) is 2.79. The largest absolute Gasteiger partial charge is 0.300 e. The van der Waals surface area contributed by atoms with Crippen molar-refractivity contribution in [3.05, 3.63) is 18.0 Å². The van der Waals surface area contributed by atoms with Crippen LogP contribution in [0.2, 0.25) is 0 Å². The molecule has 0 bridgehead atoms. The molecule has 0 aliphatic heterocycles. The summed E-state index contributed by atoms with van der Waals surface area (Å²) in [5, 5.41) is 4.75. The van der Waals surface area contributed by atoms with E-state index in [2.05, 4.69) is 16.9 Å². The standard InChI is InChI=1S/C16H24N2O/c19-16-8-4-1-5-13(12-16)11-14-9-10-18(17-14)15-6-2-3-7-15/h9-10,13,15H,1-8,11-12H2. The molecule has 3 rings (SSSR count). The second kappa shape index (κ2) is 5.89. The van der Waals surface area contributed by atoms with Gasteiger partial charge in [0.2, 0.25) is 0 Å². The molecule has 0 amide bonds. The highest BCUT2D eigenvalue weighted by molar-refractivity contribution is 5.78. The fourth-order valence-corrected chi connectivity index (χ4v) is 3.61. The first-order valence-corrected chi connectivity index (χ1v) is 7.87. The molecule has 2 aliphatic carbocycles. The lowest BCUT2D eigenvalue weighted by molar-refractivity contribution is -0.119. The molecule has 19 heavy (non-hydrogen) atoms. The van der Waals surface area contributed by atoms with Gasteiger partial charge in [0.05, 0.1) is 11.7 Å². The molecule has 1 heterocycles. The summed E-state index contributed by atoms with van der Waals surface area (Å²) in [6.45, 7) is 0. The molecule has 2 aliphatic rings. The minimum absolute atomic E-state index is 0.456. The Morgan fingerprint density at radius 3 is 2.79 bits per heavy atom. The Balaban J connectivity index is 1.61. The Kier molecular flexibility index (Phi) is 4.00. The quantitative estimate of drug-likeness (QED) is 0.777. The van der Waals surface area contributed by atoms with Gasteiger partial charge < -0.3 is 0 Å². The molecule has 104 valence electrons. The lowest BCUT2D eigenvalue weighted by atomic mass is 9.95. The van der Waals surface area contributed by atoms with E-state index in [1.807, 2.05) is 0 Å². The second-order valence-corrected chi connectivity index (χ2v) is 6.28. The summed E-state index contributed by atoms with van der Waals surface area (Å²) in [5.74, 6) is 0.986. The summed E-state index contributed by atoms with van der Waals surface area (Å²) in [5.41, 5.74) is 1.19. The summed E-state index contributed by atoms with van der Waals surface area (Å²) < 4.78 is 2.17. The van der Waals surface area contributed by atoms with Crippen LogP contribution in [-0.4, -0.2) is 15.6 Å². The number of Topliss-reactive ketones (excluding diaryl/α,β-unsaturated/α-hetero) is 1. The van der Waals surface area contributed by atoms with Gasteiger partial charge in [0.15, 0.2) is 0 Å². The van der Waals surface area contributed by atoms with E-state index in [0.717, 1.165) is 25.7 Å². The molecular formula is C16H24N2O. The third-order valence-electron chi connectivity index (χ3n) is 4.69. The van der Waals surface area contributed by atoms with Crippen LogP contribution in [0, 0.1) is 5.92 Å². The Labute approximate surface area is 115 Å². The van der Waals surface area contributed by atoms with E-state index in [1.165, 1.54) is 44.2 Å². The maximum absolute atomic E-state index is 11.7. The number of carbonyl (C=O) groups excluding carboxylic acids is 1. The van der Waals surface area contributed by atoms with Gasteiger partial charge in [-0.15, -0.1) is 0 Å². The van der Waals surface area contributed by atoms with Crippen LogP contribution in [0.15, 0.2) is 12.3 Å². The molecule has 0 aromatic carbocycles. The Morgan fingerprint density at radius 1 is 1.16 bits per heavy atom. The molecule has 1 atom stereocenters. The van der Waals surface area contributed by atoms with Crippen LogP contribution < -0.4 is 0 Å². The van der Waals surface area contributed by atoms with E-state index in [1.54, 1.807) is 0 Å². The zero-order chi connectivity index (χ0) is 13.1. The van der Waals surface area contributed by atoms with E-state index in [0.29, 0.717) is 17.7 Å². The average Bonchev–Trinajstić information content (AvgIpc) is 3.01.